The zero-order valence-electron chi connectivity index (χ0n) is 12.6. The number of hydrogen-bond acceptors (Lipinski definition) is 4. The third-order valence-electron chi connectivity index (χ3n) is 3.37. The molecule has 0 bridgehead atoms. The van der Waals surface area contributed by atoms with Crippen molar-refractivity contribution in [1.82, 2.24) is 4.98 Å². The monoisotopic (exact) mass is 303 g/mol. The number of carbonyl (C=O) groups excluding carboxylic acids is 1. The fraction of sp³-hybridized carbons (Fsp3) is 0.375. The Kier molecular flexibility index (Phi) is 5.09. The van der Waals surface area contributed by atoms with Crippen LogP contribution in [0.25, 0.3) is 0 Å². The maximum atomic E-state index is 11.8. The molecule has 0 radical (unpaired) electrons. The van der Waals surface area contributed by atoms with Crippen LogP contribution >= 0.6 is 11.3 Å². The van der Waals surface area contributed by atoms with Crippen molar-refractivity contribution >= 4 is 22.4 Å². The Labute approximate surface area is 129 Å². The van der Waals surface area contributed by atoms with Gasteiger partial charge >= 0.3 is 0 Å². The van der Waals surface area contributed by atoms with Crippen LogP contribution in [-0.2, 0) is 11.2 Å². The molecule has 0 aliphatic heterocycles. The molecule has 1 aromatic heterocycles. The van der Waals surface area contributed by atoms with E-state index < -0.39 is 0 Å². The quantitative estimate of drug-likeness (QED) is 0.892. The van der Waals surface area contributed by atoms with Gasteiger partial charge in [-0.1, -0.05) is 36.8 Å². The van der Waals surface area contributed by atoms with Crippen LogP contribution in [0.4, 0.5) is 5.13 Å². The highest BCUT2D eigenvalue weighted by molar-refractivity contribution is 7.15. The molecular formula is C16H21N3OS. The number of aryl methyl sites for hydroxylation is 2. The second-order valence-electron chi connectivity index (χ2n) is 5.32. The summed E-state index contributed by atoms with van der Waals surface area (Å²) >= 11 is 1.53. The number of nitrogens with two attached hydrogens (primary N) is 1. The number of carbonyl (C=O) groups is 1. The van der Waals surface area contributed by atoms with Crippen LogP contribution in [0.1, 0.15) is 28.6 Å². The summed E-state index contributed by atoms with van der Waals surface area (Å²) in [7, 11) is 0. The van der Waals surface area contributed by atoms with Crippen molar-refractivity contribution in [3.05, 3.63) is 46.0 Å². The van der Waals surface area contributed by atoms with E-state index in [2.05, 4.69) is 41.5 Å². The molecule has 2 aromatic rings. The first-order valence-electron chi connectivity index (χ1n) is 7.02. The Morgan fingerprint density at radius 1 is 1.43 bits per heavy atom. The molecule has 0 fully saturated rings. The average molecular weight is 303 g/mol. The van der Waals surface area contributed by atoms with E-state index in [0.717, 1.165) is 12.1 Å². The number of anilines is 1. The van der Waals surface area contributed by atoms with Gasteiger partial charge in [-0.3, -0.25) is 4.79 Å². The van der Waals surface area contributed by atoms with Crippen molar-refractivity contribution in [3.63, 3.8) is 0 Å². The molecule has 112 valence electrons. The van der Waals surface area contributed by atoms with E-state index in [1.165, 1.54) is 27.3 Å². The van der Waals surface area contributed by atoms with Gasteiger partial charge in [-0.25, -0.2) is 4.98 Å². The molecule has 2 rings (SSSR count). The lowest BCUT2D eigenvalue weighted by Gasteiger charge is -2.06. The van der Waals surface area contributed by atoms with Gasteiger partial charge in [0.2, 0.25) is 5.91 Å². The fourth-order valence-corrected chi connectivity index (χ4v) is 2.99. The van der Waals surface area contributed by atoms with Gasteiger partial charge in [0.15, 0.2) is 5.13 Å². The molecule has 0 spiro atoms. The summed E-state index contributed by atoms with van der Waals surface area (Å²) in [6.07, 6.45) is 0.841. The van der Waals surface area contributed by atoms with Gasteiger partial charge in [0.1, 0.15) is 0 Å². The lowest BCUT2D eigenvalue weighted by atomic mass is 10.1. The first kappa shape index (κ1) is 15.7. The van der Waals surface area contributed by atoms with Crippen molar-refractivity contribution in [2.75, 3.05) is 11.9 Å². The summed E-state index contributed by atoms with van der Waals surface area (Å²) in [5, 5.41) is 3.49. The van der Waals surface area contributed by atoms with Crippen molar-refractivity contribution in [2.24, 2.45) is 11.7 Å². The molecule has 1 heterocycles. The summed E-state index contributed by atoms with van der Waals surface area (Å²) in [6, 6.07) is 8.43. The van der Waals surface area contributed by atoms with Gasteiger partial charge in [-0.05, 0) is 19.4 Å². The van der Waals surface area contributed by atoms with Crippen LogP contribution < -0.4 is 11.1 Å². The summed E-state index contributed by atoms with van der Waals surface area (Å²) in [5.74, 6) is -0.275. The van der Waals surface area contributed by atoms with Crippen LogP contribution in [0.15, 0.2) is 24.3 Å². The summed E-state index contributed by atoms with van der Waals surface area (Å²) in [4.78, 5) is 17.5. The molecule has 0 aliphatic carbocycles. The Morgan fingerprint density at radius 3 is 2.86 bits per heavy atom. The summed E-state index contributed by atoms with van der Waals surface area (Å²) in [5.41, 5.74) is 8.98. The Bertz CT molecular complexity index is 636. The SMILES string of the molecule is Cc1cccc(Cc2sc(NC(=O)C(C)CN)nc2C)c1. The predicted molar refractivity (Wildman–Crippen MR) is 87.7 cm³/mol. The minimum Gasteiger partial charge on any atom is -0.330 e. The predicted octanol–water partition coefficient (Wildman–Crippen LogP) is 2.88. The molecule has 21 heavy (non-hydrogen) atoms. The first-order chi connectivity index (χ1) is 9.99. The van der Waals surface area contributed by atoms with E-state index in [0.29, 0.717) is 11.7 Å². The molecule has 5 heteroatoms. The molecule has 4 nitrogen and oxygen atoms in total. The lowest BCUT2D eigenvalue weighted by Crippen LogP contribution is -2.26. The molecule has 0 saturated carbocycles. The van der Waals surface area contributed by atoms with E-state index in [-0.39, 0.29) is 11.8 Å². The molecule has 1 unspecified atom stereocenters. The molecule has 1 atom stereocenters. The molecule has 3 N–H and O–H groups in total. The van der Waals surface area contributed by atoms with Gasteiger partial charge in [0, 0.05) is 23.8 Å². The second kappa shape index (κ2) is 6.83. The number of benzene rings is 1. The van der Waals surface area contributed by atoms with E-state index in [4.69, 9.17) is 5.73 Å². The van der Waals surface area contributed by atoms with Crippen LogP contribution in [0.2, 0.25) is 0 Å². The van der Waals surface area contributed by atoms with Crippen molar-refractivity contribution in [2.45, 2.75) is 27.2 Å². The van der Waals surface area contributed by atoms with E-state index >= 15 is 0 Å². The van der Waals surface area contributed by atoms with E-state index in [9.17, 15) is 4.79 Å². The fourth-order valence-electron chi connectivity index (χ4n) is 1.99. The molecular weight excluding hydrogens is 282 g/mol. The maximum absolute atomic E-state index is 11.8. The zero-order valence-corrected chi connectivity index (χ0v) is 13.5. The zero-order chi connectivity index (χ0) is 15.4. The number of aromatic nitrogens is 1. The minimum absolute atomic E-state index is 0.0756. The Hall–Kier alpha value is -1.72. The minimum atomic E-state index is -0.200. The number of rotatable bonds is 5. The molecule has 1 amide bonds. The highest BCUT2D eigenvalue weighted by Gasteiger charge is 2.14. The van der Waals surface area contributed by atoms with Crippen LogP contribution in [0.3, 0.4) is 0 Å². The highest BCUT2D eigenvalue weighted by atomic mass is 32.1. The summed E-state index contributed by atoms with van der Waals surface area (Å²) in [6.45, 7) is 6.21. The van der Waals surface area contributed by atoms with Crippen LogP contribution in [-0.4, -0.2) is 17.4 Å². The number of nitrogens with one attached hydrogen (secondary N) is 1. The van der Waals surface area contributed by atoms with Crippen molar-refractivity contribution in [1.29, 1.82) is 0 Å². The number of amides is 1. The Morgan fingerprint density at radius 2 is 2.19 bits per heavy atom. The van der Waals surface area contributed by atoms with Crippen molar-refractivity contribution in [3.8, 4) is 0 Å². The number of thiazole rings is 1. The van der Waals surface area contributed by atoms with Gasteiger partial charge in [0.25, 0.3) is 0 Å². The van der Waals surface area contributed by atoms with E-state index in [1.54, 1.807) is 0 Å². The third kappa shape index (κ3) is 4.12. The van der Waals surface area contributed by atoms with Gasteiger partial charge in [0.05, 0.1) is 5.69 Å². The average Bonchev–Trinajstić information content (AvgIpc) is 2.77. The van der Waals surface area contributed by atoms with Crippen LogP contribution in [0.5, 0.6) is 0 Å². The summed E-state index contributed by atoms with van der Waals surface area (Å²) < 4.78 is 0. The largest absolute Gasteiger partial charge is 0.330 e. The van der Waals surface area contributed by atoms with Gasteiger partial charge in [-0.15, -0.1) is 11.3 Å². The molecule has 0 aliphatic rings. The van der Waals surface area contributed by atoms with Gasteiger partial charge < -0.3 is 11.1 Å². The normalized spacial score (nSPS) is 12.2. The topological polar surface area (TPSA) is 68.0 Å². The Balaban J connectivity index is 2.10. The second-order valence-corrected chi connectivity index (χ2v) is 6.40. The first-order valence-corrected chi connectivity index (χ1v) is 7.84. The van der Waals surface area contributed by atoms with Crippen LogP contribution in [0, 0.1) is 19.8 Å². The third-order valence-corrected chi connectivity index (χ3v) is 4.44. The smallest absolute Gasteiger partial charge is 0.230 e. The number of hydrogen-bond donors (Lipinski definition) is 2. The number of nitrogens with zero attached hydrogens (tertiary/aromatic N) is 1. The lowest BCUT2D eigenvalue weighted by molar-refractivity contribution is -0.119. The van der Waals surface area contributed by atoms with Crippen molar-refractivity contribution < 1.29 is 4.79 Å². The highest BCUT2D eigenvalue weighted by Crippen LogP contribution is 2.25. The van der Waals surface area contributed by atoms with E-state index in [1.807, 2.05) is 13.8 Å². The maximum Gasteiger partial charge on any atom is 0.230 e. The standard InChI is InChI=1S/C16H21N3OS/c1-10-5-4-6-13(7-10)8-14-12(3)18-16(21-14)19-15(20)11(2)9-17/h4-7,11H,8-9,17H2,1-3H3,(H,18,19,20). The van der Waals surface area contributed by atoms with Gasteiger partial charge in [-0.2, -0.15) is 0 Å². The molecule has 0 saturated heterocycles. The molecule has 1 aromatic carbocycles.